The number of hydrogen-bond donors (Lipinski definition) is 2. The fourth-order valence-electron chi connectivity index (χ4n) is 1.33. The second-order valence-electron chi connectivity index (χ2n) is 3.41. The molecule has 1 aromatic heterocycles. The van der Waals surface area contributed by atoms with Gasteiger partial charge in [0.25, 0.3) is 0 Å². The van der Waals surface area contributed by atoms with E-state index in [9.17, 15) is 0 Å². The number of benzene rings is 1. The molecule has 3 N–H and O–H groups in total. The minimum Gasteiger partial charge on any atom is -0.497 e. The summed E-state index contributed by atoms with van der Waals surface area (Å²) >= 11 is 0. The van der Waals surface area contributed by atoms with Gasteiger partial charge in [-0.1, -0.05) is 17.2 Å². The van der Waals surface area contributed by atoms with Crippen molar-refractivity contribution in [3.05, 3.63) is 35.7 Å². The van der Waals surface area contributed by atoms with Gasteiger partial charge in [-0.05, 0) is 17.7 Å². The molecule has 0 spiro atoms. The molecule has 0 saturated heterocycles. The first-order valence-electron chi connectivity index (χ1n) is 5.21. The Kier molecular flexibility index (Phi) is 3.56. The summed E-state index contributed by atoms with van der Waals surface area (Å²) in [7, 11) is 1.64. The Hall–Kier alpha value is -2.08. The lowest BCUT2D eigenvalue weighted by molar-refractivity contribution is 0.414. The van der Waals surface area contributed by atoms with Gasteiger partial charge in [0.2, 0.25) is 5.89 Å². The molecular weight excluding hydrogens is 220 g/mol. The van der Waals surface area contributed by atoms with Gasteiger partial charge < -0.3 is 20.2 Å². The molecule has 90 valence electrons. The topological polar surface area (TPSA) is 86.2 Å². The Morgan fingerprint density at radius 2 is 2.06 bits per heavy atom. The average molecular weight is 234 g/mol. The lowest BCUT2D eigenvalue weighted by Gasteiger charge is -2.03. The fourth-order valence-corrected chi connectivity index (χ4v) is 1.33. The summed E-state index contributed by atoms with van der Waals surface area (Å²) in [5.74, 6) is 1.25. The van der Waals surface area contributed by atoms with Crippen molar-refractivity contribution in [1.29, 1.82) is 0 Å². The summed E-state index contributed by atoms with van der Waals surface area (Å²) in [4.78, 5) is 0. The zero-order chi connectivity index (χ0) is 12.1. The number of rotatable bonds is 5. The average Bonchev–Trinajstić information content (AvgIpc) is 2.85. The van der Waals surface area contributed by atoms with Gasteiger partial charge in [-0.2, -0.15) is 0 Å². The van der Waals surface area contributed by atoms with E-state index in [0.717, 1.165) is 11.3 Å². The quantitative estimate of drug-likeness (QED) is 0.807. The van der Waals surface area contributed by atoms with Crippen LogP contribution in [0, 0.1) is 0 Å². The van der Waals surface area contributed by atoms with Crippen molar-refractivity contribution in [2.75, 3.05) is 12.4 Å². The Balaban J connectivity index is 1.92. The minimum atomic E-state index is 0.247. The molecule has 6 nitrogen and oxygen atoms in total. The number of aromatic nitrogens is 2. The number of ether oxygens (including phenoxy) is 1. The minimum absolute atomic E-state index is 0.247. The van der Waals surface area contributed by atoms with Gasteiger partial charge in [0.1, 0.15) is 5.75 Å². The largest absolute Gasteiger partial charge is 0.497 e. The molecule has 0 amide bonds. The van der Waals surface area contributed by atoms with E-state index in [1.54, 1.807) is 7.11 Å². The maximum atomic E-state index is 5.36. The number of hydrogen-bond acceptors (Lipinski definition) is 6. The van der Waals surface area contributed by atoms with Crippen LogP contribution in [0.4, 0.5) is 6.01 Å². The van der Waals surface area contributed by atoms with Gasteiger partial charge in [0.15, 0.2) is 0 Å². The summed E-state index contributed by atoms with van der Waals surface area (Å²) < 4.78 is 10.3. The van der Waals surface area contributed by atoms with Crippen molar-refractivity contribution < 1.29 is 9.15 Å². The van der Waals surface area contributed by atoms with Crippen LogP contribution in [-0.2, 0) is 13.1 Å². The van der Waals surface area contributed by atoms with Gasteiger partial charge in [0, 0.05) is 6.54 Å². The molecule has 0 unspecified atom stereocenters. The molecule has 1 aromatic carbocycles. The zero-order valence-electron chi connectivity index (χ0n) is 9.51. The van der Waals surface area contributed by atoms with E-state index in [-0.39, 0.29) is 6.54 Å². The predicted molar refractivity (Wildman–Crippen MR) is 62.5 cm³/mol. The van der Waals surface area contributed by atoms with E-state index in [4.69, 9.17) is 14.9 Å². The van der Waals surface area contributed by atoms with Gasteiger partial charge in [0.05, 0.1) is 13.7 Å². The van der Waals surface area contributed by atoms with Crippen LogP contribution < -0.4 is 15.8 Å². The summed E-state index contributed by atoms with van der Waals surface area (Å²) in [6.45, 7) is 0.855. The second kappa shape index (κ2) is 5.31. The summed E-state index contributed by atoms with van der Waals surface area (Å²) in [5, 5.41) is 10.6. The maximum absolute atomic E-state index is 5.36. The van der Waals surface area contributed by atoms with Crippen LogP contribution in [0.15, 0.2) is 28.7 Å². The highest BCUT2D eigenvalue weighted by molar-refractivity contribution is 5.29. The highest BCUT2D eigenvalue weighted by atomic mass is 16.5. The number of anilines is 1. The molecule has 2 aromatic rings. The smallest absolute Gasteiger partial charge is 0.315 e. The molecule has 0 bridgehead atoms. The van der Waals surface area contributed by atoms with Gasteiger partial charge >= 0.3 is 6.01 Å². The first kappa shape index (κ1) is 11.4. The van der Waals surface area contributed by atoms with E-state index in [2.05, 4.69) is 15.5 Å². The summed E-state index contributed by atoms with van der Waals surface area (Å²) in [6.07, 6.45) is 0. The Bertz CT molecular complexity index is 467. The molecular formula is C11H14N4O2. The van der Waals surface area contributed by atoms with Gasteiger partial charge in [-0.25, -0.2) is 0 Å². The summed E-state index contributed by atoms with van der Waals surface area (Å²) in [6, 6.07) is 8.10. The zero-order valence-corrected chi connectivity index (χ0v) is 9.51. The third-order valence-corrected chi connectivity index (χ3v) is 2.24. The highest BCUT2D eigenvalue weighted by Crippen LogP contribution is 2.12. The number of nitrogens with two attached hydrogens (primary N) is 1. The Labute approximate surface area is 98.8 Å². The van der Waals surface area contributed by atoms with Crippen molar-refractivity contribution in [1.82, 2.24) is 10.2 Å². The molecule has 0 radical (unpaired) electrons. The molecule has 0 atom stereocenters. The van der Waals surface area contributed by atoms with Crippen molar-refractivity contribution in [3.8, 4) is 5.75 Å². The molecule has 0 aliphatic carbocycles. The summed E-state index contributed by atoms with van der Waals surface area (Å²) in [5.41, 5.74) is 6.46. The van der Waals surface area contributed by atoms with E-state index in [0.29, 0.717) is 18.5 Å². The molecule has 2 rings (SSSR count). The molecule has 17 heavy (non-hydrogen) atoms. The Morgan fingerprint density at radius 3 is 2.65 bits per heavy atom. The maximum Gasteiger partial charge on any atom is 0.315 e. The van der Waals surface area contributed by atoms with Crippen molar-refractivity contribution in [2.45, 2.75) is 13.1 Å². The Morgan fingerprint density at radius 1 is 1.29 bits per heavy atom. The fraction of sp³-hybridized carbons (Fsp3) is 0.273. The number of nitrogens with one attached hydrogen (secondary N) is 1. The van der Waals surface area contributed by atoms with Crippen LogP contribution in [0.5, 0.6) is 5.75 Å². The van der Waals surface area contributed by atoms with Crippen LogP contribution in [0.25, 0.3) is 0 Å². The van der Waals surface area contributed by atoms with Crippen LogP contribution >= 0.6 is 0 Å². The SMILES string of the molecule is COc1ccc(CNc2nnc(CN)o2)cc1. The van der Waals surface area contributed by atoms with Crippen LogP contribution in [0.2, 0.25) is 0 Å². The molecule has 1 heterocycles. The second-order valence-corrected chi connectivity index (χ2v) is 3.41. The molecule has 0 aliphatic heterocycles. The lowest BCUT2D eigenvalue weighted by Crippen LogP contribution is -1.99. The van der Waals surface area contributed by atoms with Gasteiger partial charge in [-0.3, -0.25) is 0 Å². The lowest BCUT2D eigenvalue weighted by atomic mass is 10.2. The normalized spacial score (nSPS) is 10.2. The number of nitrogens with zero attached hydrogens (tertiary/aromatic N) is 2. The predicted octanol–water partition coefficient (Wildman–Crippen LogP) is 1.15. The van der Waals surface area contributed by atoms with E-state index < -0.39 is 0 Å². The van der Waals surface area contributed by atoms with Crippen molar-refractivity contribution >= 4 is 6.01 Å². The number of methoxy groups -OCH3 is 1. The van der Waals surface area contributed by atoms with E-state index >= 15 is 0 Å². The van der Waals surface area contributed by atoms with E-state index in [1.807, 2.05) is 24.3 Å². The molecule has 0 fully saturated rings. The molecule has 0 aliphatic rings. The third kappa shape index (κ3) is 2.94. The van der Waals surface area contributed by atoms with E-state index in [1.165, 1.54) is 0 Å². The monoisotopic (exact) mass is 234 g/mol. The standard InChI is InChI=1S/C11H14N4O2/c1-16-9-4-2-8(3-5-9)7-13-11-15-14-10(6-12)17-11/h2-5H,6-7,12H2,1H3,(H,13,15). The highest BCUT2D eigenvalue weighted by Gasteiger charge is 2.03. The van der Waals surface area contributed by atoms with Gasteiger partial charge in [-0.15, -0.1) is 5.10 Å². The first-order chi connectivity index (χ1) is 8.31. The molecule has 0 saturated carbocycles. The third-order valence-electron chi connectivity index (χ3n) is 2.24. The van der Waals surface area contributed by atoms with Crippen molar-refractivity contribution in [3.63, 3.8) is 0 Å². The van der Waals surface area contributed by atoms with Crippen LogP contribution in [0.3, 0.4) is 0 Å². The molecule has 6 heteroatoms. The van der Waals surface area contributed by atoms with Crippen LogP contribution in [-0.4, -0.2) is 17.3 Å². The van der Waals surface area contributed by atoms with Crippen molar-refractivity contribution in [2.24, 2.45) is 5.73 Å². The van der Waals surface area contributed by atoms with Crippen LogP contribution in [0.1, 0.15) is 11.5 Å². The first-order valence-corrected chi connectivity index (χ1v) is 5.21.